The number of likely N-dealkylation sites (N-methyl/N-ethyl adjacent to an activating group) is 1. The van der Waals surface area contributed by atoms with Crippen molar-refractivity contribution in [3.63, 3.8) is 0 Å². The summed E-state index contributed by atoms with van der Waals surface area (Å²) in [4.78, 5) is 24.8. The van der Waals surface area contributed by atoms with Crippen molar-refractivity contribution in [3.8, 4) is 0 Å². The van der Waals surface area contributed by atoms with Crippen molar-refractivity contribution in [1.29, 1.82) is 0 Å². The van der Waals surface area contributed by atoms with Gasteiger partial charge in [-0.05, 0) is 35.9 Å². The van der Waals surface area contributed by atoms with E-state index in [0.717, 1.165) is 12.1 Å². The molecular formula is C19H16BrF4NO2. The highest BCUT2D eigenvalue weighted by Crippen LogP contribution is 2.32. The molecule has 1 atom stereocenters. The number of amides is 1. The molecule has 0 spiro atoms. The van der Waals surface area contributed by atoms with E-state index >= 15 is 0 Å². The maximum absolute atomic E-state index is 13.1. The number of carbonyl (C=O) groups excluding carboxylic acids is 2. The molecule has 0 fully saturated rings. The number of aldehydes is 1. The van der Waals surface area contributed by atoms with E-state index in [9.17, 15) is 27.2 Å². The zero-order valence-corrected chi connectivity index (χ0v) is 15.8. The van der Waals surface area contributed by atoms with Crippen LogP contribution in [0.15, 0.2) is 46.9 Å². The van der Waals surface area contributed by atoms with Crippen LogP contribution in [0.1, 0.15) is 33.8 Å². The van der Waals surface area contributed by atoms with Crippen molar-refractivity contribution in [3.05, 3.63) is 69.4 Å². The zero-order chi connectivity index (χ0) is 20.2. The molecule has 0 N–H and O–H groups in total. The number of hydrogen-bond acceptors (Lipinski definition) is 2. The minimum Gasteiger partial charge on any atom is -0.341 e. The molecule has 0 aliphatic carbocycles. The van der Waals surface area contributed by atoms with Crippen LogP contribution >= 0.6 is 15.9 Å². The monoisotopic (exact) mass is 445 g/mol. The predicted octanol–water partition coefficient (Wildman–Crippen LogP) is 5.05. The van der Waals surface area contributed by atoms with E-state index in [-0.39, 0.29) is 23.0 Å². The minimum absolute atomic E-state index is 0.0928. The van der Waals surface area contributed by atoms with Crippen molar-refractivity contribution in [2.45, 2.75) is 18.5 Å². The molecule has 2 aromatic carbocycles. The molecule has 0 bridgehead atoms. The van der Waals surface area contributed by atoms with Crippen molar-refractivity contribution in [2.24, 2.45) is 0 Å². The van der Waals surface area contributed by atoms with Gasteiger partial charge in [-0.3, -0.25) is 4.79 Å². The third-order valence-corrected chi connectivity index (χ3v) is 4.49. The Bertz CT molecular complexity index is 821. The number of benzene rings is 2. The third kappa shape index (κ3) is 5.63. The molecule has 27 heavy (non-hydrogen) atoms. The first kappa shape index (κ1) is 21.1. The van der Waals surface area contributed by atoms with Crippen molar-refractivity contribution in [1.82, 2.24) is 4.90 Å². The smallest absolute Gasteiger partial charge is 0.341 e. The van der Waals surface area contributed by atoms with E-state index in [4.69, 9.17) is 0 Å². The Labute approximate surface area is 162 Å². The predicted molar refractivity (Wildman–Crippen MR) is 95.9 cm³/mol. The second-order valence-corrected chi connectivity index (χ2v) is 6.98. The van der Waals surface area contributed by atoms with Crippen LogP contribution < -0.4 is 0 Å². The van der Waals surface area contributed by atoms with Crippen LogP contribution in [0.2, 0.25) is 0 Å². The summed E-state index contributed by atoms with van der Waals surface area (Å²) < 4.78 is 52.1. The van der Waals surface area contributed by atoms with E-state index in [1.807, 2.05) is 0 Å². The molecule has 0 saturated heterocycles. The van der Waals surface area contributed by atoms with Crippen molar-refractivity contribution < 1.29 is 27.2 Å². The van der Waals surface area contributed by atoms with E-state index < -0.39 is 29.4 Å². The summed E-state index contributed by atoms with van der Waals surface area (Å²) in [6.07, 6.45) is -3.80. The molecular weight excluding hydrogens is 430 g/mol. The molecule has 0 aliphatic heterocycles. The first-order chi connectivity index (χ1) is 12.6. The molecule has 2 aromatic rings. The summed E-state index contributed by atoms with van der Waals surface area (Å²) in [5, 5.41) is 0. The van der Waals surface area contributed by atoms with Gasteiger partial charge in [0.1, 0.15) is 12.1 Å². The van der Waals surface area contributed by atoms with Gasteiger partial charge >= 0.3 is 6.18 Å². The fourth-order valence-corrected chi connectivity index (χ4v) is 3.17. The van der Waals surface area contributed by atoms with Gasteiger partial charge in [0, 0.05) is 36.0 Å². The SMILES string of the molecule is CN(CC(CC=O)c1ccc(F)cc1)C(=O)c1cc(Br)cc(C(F)(F)F)c1. The van der Waals surface area contributed by atoms with Crippen LogP contribution in [0.5, 0.6) is 0 Å². The number of rotatable bonds is 6. The van der Waals surface area contributed by atoms with Crippen molar-refractivity contribution >= 4 is 28.1 Å². The highest BCUT2D eigenvalue weighted by molar-refractivity contribution is 9.10. The van der Waals surface area contributed by atoms with Gasteiger partial charge in [0.05, 0.1) is 5.56 Å². The fourth-order valence-electron chi connectivity index (χ4n) is 2.68. The summed E-state index contributed by atoms with van der Waals surface area (Å²) in [5.41, 5.74) is -0.395. The summed E-state index contributed by atoms with van der Waals surface area (Å²) in [6, 6.07) is 8.52. The maximum atomic E-state index is 13.1. The van der Waals surface area contributed by atoms with Gasteiger partial charge in [0.2, 0.25) is 0 Å². The topological polar surface area (TPSA) is 37.4 Å². The van der Waals surface area contributed by atoms with Crippen molar-refractivity contribution in [2.75, 3.05) is 13.6 Å². The molecule has 8 heteroatoms. The molecule has 2 rings (SSSR count). The second-order valence-electron chi connectivity index (χ2n) is 6.06. The minimum atomic E-state index is -4.58. The Morgan fingerprint density at radius 2 is 1.81 bits per heavy atom. The lowest BCUT2D eigenvalue weighted by atomic mass is 9.95. The van der Waals surface area contributed by atoms with Crippen LogP contribution in [0, 0.1) is 5.82 Å². The van der Waals surface area contributed by atoms with Crippen LogP contribution in [-0.4, -0.2) is 30.7 Å². The number of halogens is 5. The van der Waals surface area contributed by atoms with Gasteiger partial charge in [0.25, 0.3) is 5.91 Å². The van der Waals surface area contributed by atoms with Gasteiger partial charge in [-0.2, -0.15) is 13.2 Å². The number of nitrogens with zero attached hydrogens (tertiary/aromatic N) is 1. The van der Waals surface area contributed by atoms with Crippen LogP contribution in [-0.2, 0) is 11.0 Å². The summed E-state index contributed by atoms with van der Waals surface area (Å²) in [5.74, 6) is -1.44. The second kappa shape index (κ2) is 8.65. The fraction of sp³-hybridized carbons (Fsp3) is 0.263. The Morgan fingerprint density at radius 3 is 2.37 bits per heavy atom. The molecule has 3 nitrogen and oxygen atoms in total. The normalized spacial score (nSPS) is 12.5. The van der Waals surface area contributed by atoms with Gasteiger partial charge in [-0.1, -0.05) is 28.1 Å². The quantitative estimate of drug-likeness (QED) is 0.460. The first-order valence-corrected chi connectivity index (χ1v) is 8.73. The van der Waals surface area contributed by atoms with E-state index in [0.29, 0.717) is 11.8 Å². The Kier molecular flexibility index (Phi) is 6.75. The summed E-state index contributed by atoms with van der Waals surface area (Å²) in [6.45, 7) is 0.0943. The lowest BCUT2D eigenvalue weighted by Gasteiger charge is -2.24. The van der Waals surface area contributed by atoms with Crippen LogP contribution in [0.4, 0.5) is 17.6 Å². The third-order valence-electron chi connectivity index (χ3n) is 4.04. The van der Waals surface area contributed by atoms with Gasteiger partial charge in [0.15, 0.2) is 0 Å². The number of hydrogen-bond donors (Lipinski definition) is 0. The lowest BCUT2D eigenvalue weighted by Crippen LogP contribution is -2.31. The van der Waals surface area contributed by atoms with Gasteiger partial charge in [-0.15, -0.1) is 0 Å². The summed E-state index contributed by atoms with van der Waals surface area (Å²) in [7, 11) is 1.44. The lowest BCUT2D eigenvalue weighted by molar-refractivity contribution is -0.137. The van der Waals surface area contributed by atoms with Crippen LogP contribution in [0.25, 0.3) is 0 Å². The van der Waals surface area contributed by atoms with E-state index in [1.165, 1.54) is 42.3 Å². The largest absolute Gasteiger partial charge is 0.416 e. The molecule has 0 saturated carbocycles. The molecule has 0 radical (unpaired) electrons. The standard InChI is InChI=1S/C19H16BrF4NO2/c1-25(11-13(6-7-26)12-2-4-17(21)5-3-12)18(27)14-8-15(19(22,23)24)10-16(20)9-14/h2-5,7-10,13H,6,11H2,1H3. The number of alkyl halides is 3. The average molecular weight is 446 g/mol. The summed E-state index contributed by atoms with van der Waals surface area (Å²) >= 11 is 2.99. The van der Waals surface area contributed by atoms with E-state index in [2.05, 4.69) is 15.9 Å². The molecule has 1 amide bonds. The Balaban J connectivity index is 2.24. The van der Waals surface area contributed by atoms with Crippen LogP contribution in [0.3, 0.4) is 0 Å². The van der Waals surface area contributed by atoms with Gasteiger partial charge < -0.3 is 9.69 Å². The van der Waals surface area contributed by atoms with Gasteiger partial charge in [-0.25, -0.2) is 4.39 Å². The Morgan fingerprint density at radius 1 is 1.19 bits per heavy atom. The maximum Gasteiger partial charge on any atom is 0.416 e. The van der Waals surface area contributed by atoms with E-state index in [1.54, 1.807) is 0 Å². The molecule has 0 heterocycles. The molecule has 144 valence electrons. The molecule has 0 aromatic heterocycles. The highest BCUT2D eigenvalue weighted by Gasteiger charge is 2.32. The Hall–Kier alpha value is -2.22. The zero-order valence-electron chi connectivity index (χ0n) is 14.3. The highest BCUT2D eigenvalue weighted by atomic mass is 79.9. The number of carbonyl (C=O) groups is 2. The first-order valence-electron chi connectivity index (χ1n) is 7.94. The molecule has 0 aliphatic rings. The average Bonchev–Trinajstić information content (AvgIpc) is 2.60. The molecule has 1 unspecified atom stereocenters.